The van der Waals surface area contributed by atoms with Gasteiger partial charge in [0.2, 0.25) is 0 Å². The number of aryl methyl sites for hydroxylation is 2. The fourth-order valence-electron chi connectivity index (χ4n) is 1.54. The zero-order valence-corrected chi connectivity index (χ0v) is 8.99. The quantitative estimate of drug-likeness (QED) is 0.594. The van der Waals surface area contributed by atoms with Crippen LogP contribution in [0.2, 0.25) is 0 Å². The molecule has 0 atom stereocenters. The van der Waals surface area contributed by atoms with Crippen molar-refractivity contribution in [3.05, 3.63) is 44.1 Å². The molecule has 0 aliphatic rings. The SMILES string of the molecule is Cc1cc(C)c(=O)c(C)c(C)c1C. The highest BCUT2D eigenvalue weighted by molar-refractivity contribution is 5.38. The molecule has 0 heterocycles. The van der Waals surface area contributed by atoms with Crippen molar-refractivity contribution in [2.75, 3.05) is 0 Å². The van der Waals surface area contributed by atoms with E-state index in [1.54, 1.807) is 0 Å². The summed E-state index contributed by atoms with van der Waals surface area (Å²) in [6.07, 6.45) is 0. The largest absolute Gasteiger partial charge is 0.289 e. The van der Waals surface area contributed by atoms with Crippen LogP contribution in [0.1, 0.15) is 27.8 Å². The molecule has 0 radical (unpaired) electrons. The Hall–Kier alpha value is -1.11. The van der Waals surface area contributed by atoms with Crippen molar-refractivity contribution in [2.45, 2.75) is 34.6 Å². The third kappa shape index (κ3) is 1.64. The van der Waals surface area contributed by atoms with Crippen molar-refractivity contribution >= 4 is 0 Å². The molecule has 0 N–H and O–H groups in total. The van der Waals surface area contributed by atoms with Gasteiger partial charge < -0.3 is 0 Å². The molecule has 1 nitrogen and oxygen atoms in total. The molecule has 0 aliphatic carbocycles. The molecular weight excluding hydrogens is 160 g/mol. The van der Waals surface area contributed by atoms with Crippen LogP contribution >= 0.6 is 0 Å². The van der Waals surface area contributed by atoms with E-state index in [1.165, 1.54) is 11.1 Å². The van der Waals surface area contributed by atoms with E-state index in [0.717, 1.165) is 16.7 Å². The number of rotatable bonds is 0. The Morgan fingerprint density at radius 1 is 0.769 bits per heavy atom. The Bertz CT molecular complexity index is 403. The first-order chi connectivity index (χ1) is 5.95. The second-order valence-corrected chi connectivity index (χ2v) is 3.71. The van der Waals surface area contributed by atoms with Crippen molar-refractivity contribution in [3.8, 4) is 0 Å². The zero-order chi connectivity index (χ0) is 10.2. The summed E-state index contributed by atoms with van der Waals surface area (Å²) >= 11 is 0. The van der Waals surface area contributed by atoms with Crippen molar-refractivity contribution in [2.24, 2.45) is 0 Å². The highest BCUT2D eigenvalue weighted by atomic mass is 16.1. The monoisotopic (exact) mass is 176 g/mol. The first kappa shape index (κ1) is 9.97. The molecule has 0 bridgehead atoms. The molecule has 0 aromatic heterocycles. The summed E-state index contributed by atoms with van der Waals surface area (Å²) in [5, 5.41) is 0. The molecule has 0 spiro atoms. The lowest BCUT2D eigenvalue weighted by Crippen LogP contribution is -2.05. The van der Waals surface area contributed by atoms with E-state index in [4.69, 9.17) is 0 Å². The molecule has 0 amide bonds. The molecule has 0 aliphatic heterocycles. The summed E-state index contributed by atoms with van der Waals surface area (Å²) in [5.74, 6) is 0. The summed E-state index contributed by atoms with van der Waals surface area (Å²) < 4.78 is 0. The van der Waals surface area contributed by atoms with Crippen LogP contribution in [0.5, 0.6) is 0 Å². The minimum Gasteiger partial charge on any atom is -0.289 e. The van der Waals surface area contributed by atoms with Crippen LogP contribution in [0, 0.1) is 34.6 Å². The van der Waals surface area contributed by atoms with E-state index in [9.17, 15) is 4.79 Å². The topological polar surface area (TPSA) is 17.1 Å². The van der Waals surface area contributed by atoms with Gasteiger partial charge in [0.15, 0.2) is 5.43 Å². The van der Waals surface area contributed by atoms with Gasteiger partial charge in [-0.25, -0.2) is 0 Å². The fraction of sp³-hybridized carbons (Fsp3) is 0.417. The fourth-order valence-corrected chi connectivity index (χ4v) is 1.54. The van der Waals surface area contributed by atoms with Gasteiger partial charge in [0, 0.05) is 0 Å². The van der Waals surface area contributed by atoms with E-state index < -0.39 is 0 Å². The molecule has 13 heavy (non-hydrogen) atoms. The first-order valence-corrected chi connectivity index (χ1v) is 4.53. The van der Waals surface area contributed by atoms with Crippen molar-refractivity contribution in [3.63, 3.8) is 0 Å². The van der Waals surface area contributed by atoms with Gasteiger partial charge in [-0.3, -0.25) is 4.79 Å². The van der Waals surface area contributed by atoms with Crippen LogP contribution in [0.3, 0.4) is 0 Å². The summed E-state index contributed by atoms with van der Waals surface area (Å²) in [5.41, 5.74) is 5.43. The lowest BCUT2D eigenvalue weighted by Gasteiger charge is -1.98. The smallest absolute Gasteiger partial charge is 0.184 e. The highest BCUT2D eigenvalue weighted by Crippen LogP contribution is 2.12. The number of hydrogen-bond acceptors (Lipinski definition) is 1. The molecule has 0 saturated heterocycles. The van der Waals surface area contributed by atoms with Gasteiger partial charge in [-0.05, 0) is 62.4 Å². The normalized spacial score (nSPS) is 10.2. The molecule has 0 unspecified atom stereocenters. The summed E-state index contributed by atoms with van der Waals surface area (Å²) in [4.78, 5) is 11.7. The summed E-state index contributed by atoms with van der Waals surface area (Å²) in [6, 6.07) is 1.97. The highest BCUT2D eigenvalue weighted by Gasteiger charge is 2.04. The minimum atomic E-state index is 0.175. The molecule has 0 saturated carbocycles. The molecular formula is C12H16O. The average Bonchev–Trinajstić information content (AvgIpc) is 2.15. The van der Waals surface area contributed by atoms with E-state index in [0.29, 0.717) is 0 Å². The maximum absolute atomic E-state index is 11.7. The Morgan fingerprint density at radius 3 is 1.85 bits per heavy atom. The van der Waals surface area contributed by atoms with Crippen molar-refractivity contribution in [1.29, 1.82) is 0 Å². The third-order valence-corrected chi connectivity index (χ3v) is 2.85. The van der Waals surface area contributed by atoms with Crippen LogP contribution in [-0.4, -0.2) is 0 Å². The van der Waals surface area contributed by atoms with Crippen LogP contribution in [0.4, 0.5) is 0 Å². The van der Waals surface area contributed by atoms with E-state index in [2.05, 4.69) is 6.92 Å². The average molecular weight is 176 g/mol. The summed E-state index contributed by atoms with van der Waals surface area (Å²) in [6.45, 7) is 9.90. The predicted octanol–water partition coefficient (Wildman–Crippen LogP) is 2.59. The van der Waals surface area contributed by atoms with Gasteiger partial charge in [-0.15, -0.1) is 0 Å². The Balaban J connectivity index is 3.82. The van der Waals surface area contributed by atoms with Gasteiger partial charge in [0.1, 0.15) is 0 Å². The Morgan fingerprint density at radius 2 is 1.31 bits per heavy atom. The Labute approximate surface area is 79.4 Å². The van der Waals surface area contributed by atoms with Crippen LogP contribution in [0.15, 0.2) is 10.9 Å². The van der Waals surface area contributed by atoms with E-state index >= 15 is 0 Å². The van der Waals surface area contributed by atoms with E-state index in [1.807, 2.05) is 33.8 Å². The maximum Gasteiger partial charge on any atom is 0.184 e. The lowest BCUT2D eigenvalue weighted by atomic mass is 10.1. The lowest BCUT2D eigenvalue weighted by molar-refractivity contribution is 1.24. The molecule has 1 rings (SSSR count). The van der Waals surface area contributed by atoms with Crippen LogP contribution in [0.25, 0.3) is 0 Å². The summed E-state index contributed by atoms with van der Waals surface area (Å²) in [7, 11) is 0. The first-order valence-electron chi connectivity index (χ1n) is 4.53. The van der Waals surface area contributed by atoms with Crippen molar-refractivity contribution in [1.82, 2.24) is 0 Å². The predicted molar refractivity (Wildman–Crippen MR) is 56.4 cm³/mol. The van der Waals surface area contributed by atoms with Gasteiger partial charge >= 0.3 is 0 Å². The third-order valence-electron chi connectivity index (χ3n) is 2.85. The molecule has 1 aromatic rings. The second-order valence-electron chi connectivity index (χ2n) is 3.71. The van der Waals surface area contributed by atoms with Crippen molar-refractivity contribution < 1.29 is 0 Å². The van der Waals surface area contributed by atoms with Gasteiger partial charge in [-0.1, -0.05) is 6.07 Å². The van der Waals surface area contributed by atoms with Gasteiger partial charge in [-0.2, -0.15) is 0 Å². The van der Waals surface area contributed by atoms with Gasteiger partial charge in [0.05, 0.1) is 0 Å². The number of hydrogen-bond donors (Lipinski definition) is 0. The minimum absolute atomic E-state index is 0.175. The Kier molecular flexibility index (Phi) is 2.55. The molecule has 0 fully saturated rings. The standard InChI is InChI=1S/C12H16O/c1-7-6-8(2)12(13)11(5)10(4)9(7)3/h6H,1-5H3. The van der Waals surface area contributed by atoms with Crippen LogP contribution < -0.4 is 5.43 Å². The van der Waals surface area contributed by atoms with Crippen LogP contribution in [-0.2, 0) is 0 Å². The molecule has 70 valence electrons. The maximum atomic E-state index is 11.7. The molecule has 1 aromatic carbocycles. The zero-order valence-electron chi connectivity index (χ0n) is 8.99. The molecule has 1 heteroatoms. The second kappa shape index (κ2) is 3.33. The van der Waals surface area contributed by atoms with E-state index in [-0.39, 0.29) is 5.43 Å². The van der Waals surface area contributed by atoms with Gasteiger partial charge in [0.25, 0.3) is 0 Å².